The summed E-state index contributed by atoms with van der Waals surface area (Å²) in [6.07, 6.45) is 5.78. The van der Waals surface area contributed by atoms with Gasteiger partial charge in [-0.15, -0.1) is 0 Å². The Bertz CT molecular complexity index is 811. The molecule has 0 atom stereocenters. The number of rotatable bonds is 4. The molecule has 1 saturated heterocycles. The SMILES string of the molecule is Cc1cccc(-n2nc(C3CC3)c(C(=O)N3CCCCC3)c2C(C)C)c1. The predicted octanol–water partition coefficient (Wildman–Crippen LogP) is 4.81. The Morgan fingerprint density at radius 1 is 1.15 bits per heavy atom. The molecule has 2 heterocycles. The molecule has 4 rings (SSSR count). The molecule has 4 nitrogen and oxygen atoms in total. The monoisotopic (exact) mass is 351 g/mol. The minimum absolute atomic E-state index is 0.203. The molecule has 26 heavy (non-hydrogen) atoms. The summed E-state index contributed by atoms with van der Waals surface area (Å²) in [6, 6.07) is 8.42. The van der Waals surface area contributed by atoms with Gasteiger partial charge in [-0.1, -0.05) is 26.0 Å². The third-order valence-electron chi connectivity index (χ3n) is 5.56. The number of piperidine rings is 1. The Hall–Kier alpha value is -2.10. The number of hydrogen-bond donors (Lipinski definition) is 0. The summed E-state index contributed by atoms with van der Waals surface area (Å²) in [5, 5.41) is 4.99. The first-order valence-corrected chi connectivity index (χ1v) is 10.1. The van der Waals surface area contributed by atoms with Gasteiger partial charge in [-0.2, -0.15) is 5.10 Å². The summed E-state index contributed by atoms with van der Waals surface area (Å²) in [5.74, 6) is 0.913. The van der Waals surface area contributed by atoms with E-state index in [1.54, 1.807) is 0 Å². The maximum absolute atomic E-state index is 13.5. The van der Waals surface area contributed by atoms with E-state index in [0.717, 1.165) is 61.4 Å². The number of aryl methyl sites for hydroxylation is 1. The van der Waals surface area contributed by atoms with Crippen LogP contribution in [0, 0.1) is 6.92 Å². The van der Waals surface area contributed by atoms with Gasteiger partial charge in [0.25, 0.3) is 5.91 Å². The van der Waals surface area contributed by atoms with E-state index in [9.17, 15) is 4.79 Å². The van der Waals surface area contributed by atoms with Gasteiger partial charge < -0.3 is 4.90 Å². The molecule has 1 saturated carbocycles. The first-order valence-electron chi connectivity index (χ1n) is 10.1. The van der Waals surface area contributed by atoms with Crippen LogP contribution >= 0.6 is 0 Å². The van der Waals surface area contributed by atoms with Crippen molar-refractivity contribution in [3.63, 3.8) is 0 Å². The molecule has 1 aromatic carbocycles. The van der Waals surface area contributed by atoms with Crippen molar-refractivity contribution >= 4 is 5.91 Å². The molecular weight excluding hydrogens is 322 g/mol. The molecule has 1 aliphatic carbocycles. The highest BCUT2D eigenvalue weighted by atomic mass is 16.2. The highest BCUT2D eigenvalue weighted by Crippen LogP contribution is 2.43. The van der Waals surface area contributed by atoms with E-state index in [-0.39, 0.29) is 11.8 Å². The molecule has 0 radical (unpaired) electrons. The predicted molar refractivity (Wildman–Crippen MR) is 104 cm³/mol. The van der Waals surface area contributed by atoms with Crippen molar-refractivity contribution in [3.8, 4) is 5.69 Å². The second-order valence-electron chi connectivity index (χ2n) is 8.18. The average Bonchev–Trinajstić information content (AvgIpc) is 3.41. The average molecular weight is 351 g/mol. The number of benzene rings is 1. The van der Waals surface area contributed by atoms with Gasteiger partial charge in [0, 0.05) is 19.0 Å². The number of carbonyl (C=O) groups excluding carboxylic acids is 1. The topological polar surface area (TPSA) is 38.1 Å². The summed E-state index contributed by atoms with van der Waals surface area (Å²) >= 11 is 0. The lowest BCUT2D eigenvalue weighted by Gasteiger charge is -2.27. The van der Waals surface area contributed by atoms with Gasteiger partial charge in [-0.05, 0) is 62.6 Å². The van der Waals surface area contributed by atoms with Crippen LogP contribution in [0.1, 0.15) is 85.1 Å². The van der Waals surface area contributed by atoms with Gasteiger partial charge in [0.15, 0.2) is 0 Å². The van der Waals surface area contributed by atoms with E-state index in [4.69, 9.17) is 5.10 Å². The van der Waals surface area contributed by atoms with Crippen molar-refractivity contribution in [3.05, 3.63) is 46.8 Å². The number of aromatic nitrogens is 2. The van der Waals surface area contributed by atoms with Crippen LogP contribution in [0.4, 0.5) is 0 Å². The minimum atomic E-state index is 0.203. The first-order chi connectivity index (χ1) is 12.6. The number of carbonyl (C=O) groups is 1. The number of amides is 1. The van der Waals surface area contributed by atoms with E-state index >= 15 is 0 Å². The van der Waals surface area contributed by atoms with Crippen LogP contribution in [0.5, 0.6) is 0 Å². The summed E-state index contributed by atoms with van der Waals surface area (Å²) in [6.45, 7) is 8.22. The molecule has 138 valence electrons. The molecule has 1 aliphatic heterocycles. The second kappa shape index (κ2) is 6.90. The van der Waals surface area contributed by atoms with Crippen molar-refractivity contribution in [2.75, 3.05) is 13.1 Å². The fourth-order valence-corrected chi connectivity index (χ4v) is 4.06. The zero-order chi connectivity index (χ0) is 18.3. The van der Waals surface area contributed by atoms with E-state index < -0.39 is 0 Å². The number of hydrogen-bond acceptors (Lipinski definition) is 2. The lowest BCUT2D eigenvalue weighted by molar-refractivity contribution is 0.0721. The second-order valence-corrected chi connectivity index (χ2v) is 8.18. The normalized spacial score (nSPS) is 17.8. The minimum Gasteiger partial charge on any atom is -0.339 e. The van der Waals surface area contributed by atoms with Crippen LogP contribution in [0.15, 0.2) is 24.3 Å². The van der Waals surface area contributed by atoms with Gasteiger partial charge in [-0.25, -0.2) is 4.68 Å². The molecule has 2 fully saturated rings. The van der Waals surface area contributed by atoms with E-state index in [2.05, 4.69) is 49.9 Å². The fraction of sp³-hybridized carbons (Fsp3) is 0.545. The third kappa shape index (κ3) is 3.17. The van der Waals surface area contributed by atoms with E-state index in [0.29, 0.717) is 5.92 Å². The lowest BCUT2D eigenvalue weighted by Crippen LogP contribution is -2.36. The van der Waals surface area contributed by atoms with Crippen LogP contribution in [-0.4, -0.2) is 33.7 Å². The van der Waals surface area contributed by atoms with Crippen molar-refractivity contribution in [1.29, 1.82) is 0 Å². The van der Waals surface area contributed by atoms with E-state index in [1.807, 2.05) is 4.68 Å². The van der Waals surface area contributed by atoms with Crippen LogP contribution < -0.4 is 0 Å². The van der Waals surface area contributed by atoms with Crippen molar-refractivity contribution in [1.82, 2.24) is 14.7 Å². The Morgan fingerprint density at radius 3 is 2.50 bits per heavy atom. The van der Waals surface area contributed by atoms with Gasteiger partial charge in [0.1, 0.15) is 0 Å². The highest BCUT2D eigenvalue weighted by Gasteiger charge is 2.37. The Morgan fingerprint density at radius 2 is 1.88 bits per heavy atom. The van der Waals surface area contributed by atoms with Gasteiger partial charge >= 0.3 is 0 Å². The van der Waals surface area contributed by atoms with Crippen LogP contribution in [-0.2, 0) is 0 Å². The molecule has 4 heteroatoms. The third-order valence-corrected chi connectivity index (χ3v) is 5.56. The lowest BCUT2D eigenvalue weighted by atomic mass is 9.99. The van der Waals surface area contributed by atoms with Gasteiger partial charge in [0.2, 0.25) is 0 Å². The molecule has 1 aromatic heterocycles. The quantitative estimate of drug-likeness (QED) is 0.793. The molecule has 0 N–H and O–H groups in total. The Kier molecular flexibility index (Phi) is 4.60. The van der Waals surface area contributed by atoms with Crippen molar-refractivity contribution in [2.45, 2.75) is 64.7 Å². The molecule has 2 aliphatic rings. The van der Waals surface area contributed by atoms with Crippen LogP contribution in [0.25, 0.3) is 5.69 Å². The maximum atomic E-state index is 13.5. The summed E-state index contributed by atoms with van der Waals surface area (Å²) < 4.78 is 2.04. The standard InChI is InChI=1S/C22H29N3O/c1-15(2)21-19(22(26)24-12-5-4-6-13-24)20(17-10-11-17)23-25(21)18-9-7-8-16(3)14-18/h7-9,14-15,17H,4-6,10-13H2,1-3H3. The number of nitrogens with zero attached hydrogens (tertiary/aromatic N) is 3. The molecule has 0 spiro atoms. The number of likely N-dealkylation sites (tertiary alicyclic amines) is 1. The zero-order valence-corrected chi connectivity index (χ0v) is 16.2. The first kappa shape index (κ1) is 17.3. The van der Waals surface area contributed by atoms with Crippen molar-refractivity contribution in [2.24, 2.45) is 0 Å². The summed E-state index contributed by atoms with van der Waals surface area (Å²) in [5.41, 5.74) is 5.28. The smallest absolute Gasteiger partial charge is 0.257 e. The maximum Gasteiger partial charge on any atom is 0.257 e. The van der Waals surface area contributed by atoms with Gasteiger partial charge in [-0.3, -0.25) is 4.79 Å². The molecule has 1 amide bonds. The molecule has 0 bridgehead atoms. The van der Waals surface area contributed by atoms with Gasteiger partial charge in [0.05, 0.1) is 22.6 Å². The largest absolute Gasteiger partial charge is 0.339 e. The van der Waals surface area contributed by atoms with E-state index in [1.165, 1.54) is 12.0 Å². The molecule has 0 unspecified atom stereocenters. The Labute approximate surface area is 156 Å². The summed E-state index contributed by atoms with van der Waals surface area (Å²) in [7, 11) is 0. The fourth-order valence-electron chi connectivity index (χ4n) is 4.06. The van der Waals surface area contributed by atoms with Crippen LogP contribution in [0.2, 0.25) is 0 Å². The highest BCUT2D eigenvalue weighted by molar-refractivity contribution is 5.97. The zero-order valence-electron chi connectivity index (χ0n) is 16.2. The van der Waals surface area contributed by atoms with Crippen LogP contribution in [0.3, 0.4) is 0 Å². The summed E-state index contributed by atoms with van der Waals surface area (Å²) in [4.78, 5) is 15.5. The molecule has 2 aromatic rings. The molecular formula is C22H29N3O. The van der Waals surface area contributed by atoms with Crippen molar-refractivity contribution < 1.29 is 4.79 Å². The Balaban J connectivity index is 1.84.